The Morgan fingerprint density at radius 2 is 1.70 bits per heavy atom. The molecule has 0 saturated carbocycles. The third-order valence-corrected chi connectivity index (χ3v) is 5.14. The second-order valence-electron chi connectivity index (χ2n) is 6.98. The fourth-order valence-corrected chi connectivity index (χ4v) is 3.39. The molecule has 5 nitrogen and oxygen atoms in total. The summed E-state index contributed by atoms with van der Waals surface area (Å²) >= 11 is 3.39. The number of ether oxygens (including phenoxy) is 1. The molecule has 0 atom stereocenters. The first-order valence-electron chi connectivity index (χ1n) is 9.29. The molecule has 0 bridgehead atoms. The smallest absolute Gasteiger partial charge is 0.379 e. The van der Waals surface area contributed by atoms with E-state index in [1.807, 2.05) is 44.2 Å². The summed E-state index contributed by atoms with van der Waals surface area (Å²) in [5, 5.41) is 3.71. The minimum Gasteiger partial charge on any atom is -0.449 e. The molecule has 6 heteroatoms. The Balaban J connectivity index is 1.45. The number of amides is 1. The lowest BCUT2D eigenvalue weighted by atomic mass is 10.1. The molecule has 0 fully saturated rings. The summed E-state index contributed by atoms with van der Waals surface area (Å²) in [5.41, 5.74) is 3.88. The topological polar surface area (TPSA) is 68.5 Å². The molecule has 1 heterocycles. The van der Waals surface area contributed by atoms with Crippen molar-refractivity contribution in [2.24, 2.45) is 0 Å². The lowest BCUT2D eigenvalue weighted by Gasteiger charge is -2.10. The van der Waals surface area contributed by atoms with Gasteiger partial charge in [0, 0.05) is 21.1 Å². The Bertz CT molecular complexity index is 1260. The van der Waals surface area contributed by atoms with E-state index in [9.17, 15) is 9.59 Å². The van der Waals surface area contributed by atoms with Gasteiger partial charge >= 0.3 is 5.97 Å². The molecule has 0 aliphatic rings. The highest BCUT2D eigenvalue weighted by atomic mass is 79.9. The number of hydrogen-bond donors (Lipinski definition) is 1. The highest BCUT2D eigenvalue weighted by molar-refractivity contribution is 9.10. The number of benzene rings is 3. The molecule has 0 aliphatic heterocycles. The minimum absolute atomic E-state index is 0.111. The Morgan fingerprint density at radius 1 is 0.933 bits per heavy atom. The fraction of sp³-hybridized carbons (Fsp3) is 0.0833. The third kappa shape index (κ3) is 4.28. The van der Waals surface area contributed by atoms with Crippen molar-refractivity contribution in [3.05, 3.63) is 93.7 Å². The average molecular weight is 464 g/mol. The quantitative estimate of drug-likeness (QED) is 0.285. The third-order valence-electron chi connectivity index (χ3n) is 4.65. The molecule has 0 spiro atoms. The van der Waals surface area contributed by atoms with Crippen LogP contribution in [0.2, 0.25) is 0 Å². The van der Waals surface area contributed by atoms with Gasteiger partial charge in [0.25, 0.3) is 5.91 Å². The number of fused-ring (bicyclic) bond motifs is 1. The van der Waals surface area contributed by atoms with E-state index in [2.05, 4.69) is 21.2 Å². The van der Waals surface area contributed by atoms with Crippen LogP contribution in [0.5, 0.6) is 5.75 Å². The number of nitrogens with one attached hydrogen (secondary N) is 1. The monoisotopic (exact) mass is 463 g/mol. The average Bonchev–Trinajstić information content (AvgIpc) is 3.14. The molecule has 3 aromatic carbocycles. The largest absolute Gasteiger partial charge is 0.449 e. The molecule has 4 rings (SSSR count). The van der Waals surface area contributed by atoms with Gasteiger partial charge < -0.3 is 14.5 Å². The summed E-state index contributed by atoms with van der Waals surface area (Å²) < 4.78 is 11.8. The number of carbonyl (C=O) groups excluding carboxylic acids is 2. The fourth-order valence-electron chi connectivity index (χ4n) is 3.01. The van der Waals surface area contributed by atoms with E-state index in [0.717, 1.165) is 26.7 Å². The van der Waals surface area contributed by atoms with E-state index < -0.39 is 5.97 Å². The maximum atomic E-state index is 12.5. The number of esters is 1. The molecule has 0 unspecified atom stereocenters. The van der Waals surface area contributed by atoms with Gasteiger partial charge in [-0.15, -0.1) is 0 Å². The van der Waals surface area contributed by atoms with Gasteiger partial charge in [0.15, 0.2) is 0 Å². The number of furan rings is 1. The Kier molecular flexibility index (Phi) is 5.42. The highest BCUT2D eigenvalue weighted by Crippen LogP contribution is 2.25. The summed E-state index contributed by atoms with van der Waals surface area (Å²) in [4.78, 5) is 24.9. The number of rotatable bonds is 4. The van der Waals surface area contributed by atoms with Gasteiger partial charge in [-0.05, 0) is 79.6 Å². The van der Waals surface area contributed by atoms with Gasteiger partial charge in [0.05, 0.1) is 0 Å². The zero-order valence-corrected chi connectivity index (χ0v) is 17.9. The van der Waals surface area contributed by atoms with Crippen LogP contribution < -0.4 is 10.1 Å². The Morgan fingerprint density at radius 3 is 2.47 bits per heavy atom. The van der Waals surface area contributed by atoms with E-state index in [1.165, 1.54) is 0 Å². The Labute approximate surface area is 181 Å². The van der Waals surface area contributed by atoms with Crippen LogP contribution >= 0.6 is 15.9 Å². The molecular weight excluding hydrogens is 446 g/mol. The van der Waals surface area contributed by atoms with Gasteiger partial charge in [-0.1, -0.05) is 28.1 Å². The van der Waals surface area contributed by atoms with E-state index in [0.29, 0.717) is 16.9 Å². The molecule has 30 heavy (non-hydrogen) atoms. The first-order chi connectivity index (χ1) is 14.4. The second-order valence-corrected chi connectivity index (χ2v) is 7.89. The van der Waals surface area contributed by atoms with Crippen molar-refractivity contribution in [3.8, 4) is 5.75 Å². The normalized spacial score (nSPS) is 10.8. The lowest BCUT2D eigenvalue weighted by Crippen LogP contribution is -2.13. The molecule has 1 aromatic heterocycles. The van der Waals surface area contributed by atoms with E-state index in [1.54, 1.807) is 36.4 Å². The first-order valence-corrected chi connectivity index (χ1v) is 10.1. The number of carbonyl (C=O) groups is 2. The minimum atomic E-state index is -0.602. The van der Waals surface area contributed by atoms with Crippen LogP contribution in [0.4, 0.5) is 5.69 Å². The van der Waals surface area contributed by atoms with E-state index >= 15 is 0 Å². The highest BCUT2D eigenvalue weighted by Gasteiger charge is 2.16. The SMILES string of the molecule is Cc1ccc(C)c(NC(=O)c2ccc(OC(=O)c3cc4cc(Br)ccc4o3)cc2)c1. The van der Waals surface area contributed by atoms with E-state index in [-0.39, 0.29) is 11.7 Å². The maximum Gasteiger partial charge on any atom is 0.379 e. The molecule has 0 aliphatic carbocycles. The second kappa shape index (κ2) is 8.16. The zero-order valence-electron chi connectivity index (χ0n) is 16.4. The molecule has 150 valence electrons. The van der Waals surface area contributed by atoms with Crippen LogP contribution in [0.25, 0.3) is 11.0 Å². The number of anilines is 1. The molecule has 4 aromatic rings. The summed E-state index contributed by atoms with van der Waals surface area (Å²) in [6.45, 7) is 3.91. The van der Waals surface area contributed by atoms with Crippen LogP contribution in [-0.4, -0.2) is 11.9 Å². The number of aryl methyl sites for hydroxylation is 2. The van der Waals surface area contributed by atoms with Crippen molar-refractivity contribution in [2.45, 2.75) is 13.8 Å². The standard InChI is InChI=1S/C24H18BrNO4/c1-14-3-4-15(2)20(11-14)26-23(27)16-5-8-19(9-6-16)29-24(28)22-13-17-12-18(25)7-10-21(17)30-22/h3-13H,1-2H3,(H,26,27). The van der Waals surface area contributed by atoms with Crippen molar-refractivity contribution in [1.82, 2.24) is 0 Å². The van der Waals surface area contributed by atoms with Gasteiger partial charge in [-0.2, -0.15) is 0 Å². The molecule has 0 radical (unpaired) electrons. The zero-order chi connectivity index (χ0) is 21.3. The van der Waals surface area contributed by atoms with Gasteiger partial charge in [-0.3, -0.25) is 4.79 Å². The molecule has 1 N–H and O–H groups in total. The molecule has 1 amide bonds. The van der Waals surface area contributed by atoms with Crippen LogP contribution in [0.15, 0.2) is 75.6 Å². The van der Waals surface area contributed by atoms with Crippen molar-refractivity contribution in [2.75, 3.05) is 5.32 Å². The van der Waals surface area contributed by atoms with Crippen LogP contribution in [0.3, 0.4) is 0 Å². The summed E-state index contributed by atoms with van der Waals surface area (Å²) in [6.07, 6.45) is 0. The van der Waals surface area contributed by atoms with Gasteiger partial charge in [0.2, 0.25) is 5.76 Å². The van der Waals surface area contributed by atoms with Crippen molar-refractivity contribution in [3.63, 3.8) is 0 Å². The van der Waals surface area contributed by atoms with Crippen molar-refractivity contribution >= 4 is 44.5 Å². The van der Waals surface area contributed by atoms with Crippen LogP contribution in [0.1, 0.15) is 32.0 Å². The lowest BCUT2D eigenvalue weighted by molar-refractivity contribution is 0.0704. The number of hydrogen-bond acceptors (Lipinski definition) is 4. The van der Waals surface area contributed by atoms with Crippen molar-refractivity contribution in [1.29, 1.82) is 0 Å². The van der Waals surface area contributed by atoms with Crippen LogP contribution in [-0.2, 0) is 0 Å². The Hall–Kier alpha value is -3.38. The number of halogens is 1. The predicted octanol–water partition coefficient (Wildman–Crippen LogP) is 6.28. The predicted molar refractivity (Wildman–Crippen MR) is 119 cm³/mol. The molecular formula is C24H18BrNO4. The summed E-state index contributed by atoms with van der Waals surface area (Å²) in [6, 6.07) is 19.4. The maximum absolute atomic E-state index is 12.5. The van der Waals surface area contributed by atoms with Gasteiger partial charge in [0.1, 0.15) is 11.3 Å². The first kappa shape index (κ1) is 19.9. The van der Waals surface area contributed by atoms with E-state index in [4.69, 9.17) is 9.15 Å². The summed E-state index contributed by atoms with van der Waals surface area (Å²) in [7, 11) is 0. The van der Waals surface area contributed by atoms with Gasteiger partial charge in [-0.25, -0.2) is 4.79 Å². The van der Waals surface area contributed by atoms with Crippen molar-refractivity contribution < 1.29 is 18.7 Å². The van der Waals surface area contributed by atoms with Crippen LogP contribution in [0, 0.1) is 13.8 Å². The molecule has 0 saturated heterocycles. The summed E-state index contributed by atoms with van der Waals surface area (Å²) in [5.74, 6) is -0.399.